The van der Waals surface area contributed by atoms with E-state index in [9.17, 15) is 4.79 Å². The van der Waals surface area contributed by atoms with Crippen LogP contribution in [0.1, 0.15) is 36.9 Å². The van der Waals surface area contributed by atoms with Gasteiger partial charge in [-0.2, -0.15) is 5.10 Å². The highest BCUT2D eigenvalue weighted by molar-refractivity contribution is 5.95. The van der Waals surface area contributed by atoms with Gasteiger partial charge in [-0.1, -0.05) is 0 Å². The van der Waals surface area contributed by atoms with E-state index in [1.54, 1.807) is 0 Å². The molecule has 108 valence electrons. The molecule has 0 radical (unpaired) electrons. The summed E-state index contributed by atoms with van der Waals surface area (Å²) < 4.78 is 1.85. The number of fused-ring (bicyclic) bond motifs is 1. The Labute approximate surface area is 119 Å². The second-order valence-corrected chi connectivity index (χ2v) is 6.61. The summed E-state index contributed by atoms with van der Waals surface area (Å²) in [7, 11) is 1.93. The molecule has 5 heteroatoms. The number of carbonyl (C=O) groups is 1. The molecule has 5 nitrogen and oxygen atoms in total. The number of rotatable bonds is 2. The Hall–Kier alpha value is -1.36. The lowest BCUT2D eigenvalue weighted by molar-refractivity contribution is -0.118. The smallest absolute Gasteiger partial charge is 0.229 e. The molecule has 3 aliphatic rings. The van der Waals surface area contributed by atoms with Crippen molar-refractivity contribution in [2.45, 2.75) is 38.5 Å². The molecule has 1 spiro atoms. The number of aromatic nitrogens is 2. The van der Waals surface area contributed by atoms with Gasteiger partial charge in [0.25, 0.3) is 0 Å². The van der Waals surface area contributed by atoms with E-state index in [4.69, 9.17) is 0 Å². The topological polar surface area (TPSA) is 59.0 Å². The van der Waals surface area contributed by atoms with Gasteiger partial charge in [-0.05, 0) is 57.0 Å². The number of nitrogens with one attached hydrogen (secondary N) is 2. The molecule has 20 heavy (non-hydrogen) atoms. The number of aryl methyl sites for hydroxylation is 2. The van der Waals surface area contributed by atoms with Gasteiger partial charge in [-0.3, -0.25) is 9.48 Å². The maximum atomic E-state index is 12.5. The Bertz CT molecular complexity index is 556. The Kier molecular flexibility index (Phi) is 2.67. The van der Waals surface area contributed by atoms with Gasteiger partial charge in [0.05, 0.1) is 5.69 Å². The second kappa shape index (κ2) is 4.32. The summed E-state index contributed by atoms with van der Waals surface area (Å²) in [5.41, 5.74) is 2.74. The van der Waals surface area contributed by atoms with Gasteiger partial charge in [-0.15, -0.1) is 0 Å². The van der Waals surface area contributed by atoms with E-state index in [1.165, 1.54) is 17.7 Å². The number of piperidine rings is 1. The van der Waals surface area contributed by atoms with Crippen molar-refractivity contribution in [3.05, 3.63) is 11.3 Å². The van der Waals surface area contributed by atoms with Crippen LogP contribution in [0.2, 0.25) is 0 Å². The molecular formula is C15H22N4O. The first-order valence-corrected chi connectivity index (χ1v) is 7.76. The van der Waals surface area contributed by atoms with Crippen molar-refractivity contribution in [3.63, 3.8) is 0 Å². The van der Waals surface area contributed by atoms with E-state index in [0.717, 1.165) is 51.0 Å². The molecule has 2 N–H and O–H groups in total. The van der Waals surface area contributed by atoms with Crippen LogP contribution in [0.4, 0.5) is 5.82 Å². The third-order valence-corrected chi connectivity index (χ3v) is 5.42. The third kappa shape index (κ3) is 1.79. The molecule has 0 bridgehead atoms. The summed E-state index contributed by atoms with van der Waals surface area (Å²) in [5.74, 6) is 1.37. The van der Waals surface area contributed by atoms with Crippen LogP contribution in [0.15, 0.2) is 0 Å². The number of anilines is 1. The van der Waals surface area contributed by atoms with Crippen LogP contribution < -0.4 is 10.6 Å². The van der Waals surface area contributed by atoms with Gasteiger partial charge >= 0.3 is 0 Å². The van der Waals surface area contributed by atoms with Gasteiger partial charge in [0.2, 0.25) is 5.91 Å². The molecule has 1 saturated heterocycles. The minimum absolute atomic E-state index is 0.213. The fraction of sp³-hybridized carbons (Fsp3) is 0.733. The van der Waals surface area contributed by atoms with E-state index in [0.29, 0.717) is 5.41 Å². The van der Waals surface area contributed by atoms with Gasteiger partial charge in [0.15, 0.2) is 0 Å². The first kappa shape index (κ1) is 12.4. The van der Waals surface area contributed by atoms with Crippen molar-refractivity contribution < 1.29 is 4.79 Å². The predicted molar refractivity (Wildman–Crippen MR) is 76.5 cm³/mol. The Balaban J connectivity index is 1.49. The number of nitrogens with zero attached hydrogens (tertiary/aromatic N) is 2. The lowest BCUT2D eigenvalue weighted by Gasteiger charge is -2.23. The van der Waals surface area contributed by atoms with E-state index in [1.807, 2.05) is 11.7 Å². The van der Waals surface area contributed by atoms with Crippen molar-refractivity contribution in [1.29, 1.82) is 0 Å². The number of hydrogen-bond acceptors (Lipinski definition) is 3. The molecule has 1 unspecified atom stereocenters. The molecule has 2 fully saturated rings. The van der Waals surface area contributed by atoms with Crippen LogP contribution in [0, 0.1) is 11.3 Å². The third-order valence-electron chi connectivity index (χ3n) is 5.42. The van der Waals surface area contributed by atoms with Crippen molar-refractivity contribution in [2.24, 2.45) is 18.4 Å². The molecule has 1 aromatic heterocycles. The van der Waals surface area contributed by atoms with Gasteiger partial charge < -0.3 is 10.6 Å². The zero-order valence-corrected chi connectivity index (χ0v) is 12.0. The lowest BCUT2D eigenvalue weighted by atomic mass is 9.92. The monoisotopic (exact) mass is 274 g/mol. The molecule has 1 aliphatic heterocycles. The highest BCUT2D eigenvalue weighted by Gasteiger charge is 2.57. The Morgan fingerprint density at radius 1 is 1.40 bits per heavy atom. The maximum Gasteiger partial charge on any atom is 0.229 e. The average Bonchev–Trinajstić information content (AvgIpc) is 2.80. The summed E-state index contributed by atoms with van der Waals surface area (Å²) in [6.07, 6.45) is 6.64. The highest BCUT2D eigenvalue weighted by Crippen LogP contribution is 2.58. The van der Waals surface area contributed by atoms with Crippen molar-refractivity contribution >= 4 is 11.7 Å². The van der Waals surface area contributed by atoms with E-state index < -0.39 is 0 Å². The molecule has 1 atom stereocenters. The largest absolute Gasteiger partial charge is 0.317 e. The van der Waals surface area contributed by atoms with E-state index >= 15 is 0 Å². The Morgan fingerprint density at radius 3 is 3.00 bits per heavy atom. The SMILES string of the molecule is Cn1nc2c(c1NC(=O)C1CC13CCNCC3)CCC2. The summed E-state index contributed by atoms with van der Waals surface area (Å²) in [6.45, 7) is 2.12. The van der Waals surface area contributed by atoms with Gasteiger partial charge in [0, 0.05) is 18.5 Å². The lowest BCUT2D eigenvalue weighted by Crippen LogP contribution is -2.32. The zero-order valence-electron chi connectivity index (χ0n) is 12.0. The second-order valence-electron chi connectivity index (χ2n) is 6.61. The number of hydrogen-bond donors (Lipinski definition) is 2. The molecule has 1 saturated carbocycles. The summed E-state index contributed by atoms with van der Waals surface area (Å²) in [5, 5.41) is 11.1. The van der Waals surface area contributed by atoms with Crippen molar-refractivity contribution in [1.82, 2.24) is 15.1 Å². The molecule has 1 amide bonds. The molecule has 2 heterocycles. The molecule has 4 rings (SSSR count). The van der Waals surface area contributed by atoms with Crippen molar-refractivity contribution in [3.8, 4) is 0 Å². The van der Waals surface area contributed by atoms with Crippen LogP contribution in [0.5, 0.6) is 0 Å². The number of amides is 1. The summed E-state index contributed by atoms with van der Waals surface area (Å²) in [4.78, 5) is 12.5. The van der Waals surface area contributed by atoms with Crippen LogP contribution in [0.25, 0.3) is 0 Å². The fourth-order valence-corrected chi connectivity index (χ4v) is 4.08. The van der Waals surface area contributed by atoms with Crippen LogP contribution in [-0.4, -0.2) is 28.8 Å². The molecule has 0 aromatic carbocycles. The minimum Gasteiger partial charge on any atom is -0.317 e. The standard InChI is InChI=1S/C15H22N4O/c1-19-13(10-3-2-4-12(10)18-19)17-14(20)11-9-15(11)5-7-16-8-6-15/h11,16H,2-9H2,1H3,(H,17,20). The minimum atomic E-state index is 0.213. The Morgan fingerprint density at radius 2 is 2.20 bits per heavy atom. The first-order valence-electron chi connectivity index (χ1n) is 7.76. The average molecular weight is 274 g/mol. The van der Waals surface area contributed by atoms with Crippen LogP contribution in [-0.2, 0) is 24.7 Å². The summed E-state index contributed by atoms with van der Waals surface area (Å²) in [6, 6.07) is 0. The molecule has 2 aliphatic carbocycles. The number of carbonyl (C=O) groups excluding carboxylic acids is 1. The molecule has 1 aromatic rings. The zero-order chi connectivity index (χ0) is 13.7. The molecular weight excluding hydrogens is 252 g/mol. The van der Waals surface area contributed by atoms with Crippen LogP contribution >= 0.6 is 0 Å². The predicted octanol–water partition coefficient (Wildman–Crippen LogP) is 1.24. The fourth-order valence-electron chi connectivity index (χ4n) is 4.08. The first-order chi connectivity index (χ1) is 9.70. The van der Waals surface area contributed by atoms with Crippen molar-refractivity contribution in [2.75, 3.05) is 18.4 Å². The quantitative estimate of drug-likeness (QED) is 0.853. The van der Waals surface area contributed by atoms with Gasteiger partial charge in [-0.25, -0.2) is 0 Å². The summed E-state index contributed by atoms with van der Waals surface area (Å²) >= 11 is 0. The highest BCUT2D eigenvalue weighted by atomic mass is 16.2. The van der Waals surface area contributed by atoms with Gasteiger partial charge in [0.1, 0.15) is 5.82 Å². The normalized spacial score (nSPS) is 26.6. The van der Waals surface area contributed by atoms with E-state index in [-0.39, 0.29) is 11.8 Å². The van der Waals surface area contributed by atoms with Crippen LogP contribution in [0.3, 0.4) is 0 Å². The van der Waals surface area contributed by atoms with E-state index in [2.05, 4.69) is 15.7 Å². The maximum absolute atomic E-state index is 12.5.